The van der Waals surface area contributed by atoms with Gasteiger partial charge < -0.3 is 15.4 Å². The lowest BCUT2D eigenvalue weighted by molar-refractivity contribution is -0.136. The van der Waals surface area contributed by atoms with Gasteiger partial charge in [-0.2, -0.15) is 0 Å². The van der Waals surface area contributed by atoms with Gasteiger partial charge in [0.1, 0.15) is 5.75 Å². The van der Waals surface area contributed by atoms with E-state index in [0.29, 0.717) is 16.5 Å². The molecule has 0 aliphatic carbocycles. The van der Waals surface area contributed by atoms with Crippen LogP contribution in [-0.2, 0) is 16.1 Å². The highest BCUT2D eigenvalue weighted by molar-refractivity contribution is 6.42. The van der Waals surface area contributed by atoms with Crippen LogP contribution in [0.5, 0.6) is 5.75 Å². The van der Waals surface area contributed by atoms with Crippen LogP contribution in [0.4, 0.5) is 5.69 Å². The number of anilines is 1. The third kappa shape index (κ3) is 4.61. The van der Waals surface area contributed by atoms with Crippen LogP contribution < -0.4 is 15.4 Å². The molecule has 0 bridgehead atoms. The molecule has 23 heavy (non-hydrogen) atoms. The number of nitrogens with one attached hydrogen (secondary N) is 2. The molecule has 0 heterocycles. The number of carbonyl (C=O) groups is 2. The minimum Gasteiger partial charge on any atom is -0.496 e. The first-order chi connectivity index (χ1) is 11.0. The highest BCUT2D eigenvalue weighted by Crippen LogP contribution is 2.25. The smallest absolute Gasteiger partial charge is 0.313 e. The number of benzene rings is 2. The topological polar surface area (TPSA) is 67.4 Å². The van der Waals surface area contributed by atoms with E-state index in [1.807, 2.05) is 12.1 Å². The fourth-order valence-corrected chi connectivity index (χ4v) is 2.33. The van der Waals surface area contributed by atoms with Crippen molar-refractivity contribution < 1.29 is 14.3 Å². The van der Waals surface area contributed by atoms with Gasteiger partial charge in [-0.15, -0.1) is 0 Å². The van der Waals surface area contributed by atoms with Gasteiger partial charge in [-0.1, -0.05) is 41.4 Å². The van der Waals surface area contributed by atoms with E-state index in [2.05, 4.69) is 10.6 Å². The quantitative estimate of drug-likeness (QED) is 0.830. The molecule has 0 radical (unpaired) electrons. The summed E-state index contributed by atoms with van der Waals surface area (Å²) in [5, 5.41) is 5.65. The van der Waals surface area contributed by atoms with Crippen molar-refractivity contribution in [3.8, 4) is 5.75 Å². The number of carbonyl (C=O) groups excluding carboxylic acids is 2. The number of rotatable bonds is 4. The summed E-state index contributed by atoms with van der Waals surface area (Å²) in [5.74, 6) is -0.958. The Balaban J connectivity index is 1.96. The van der Waals surface area contributed by atoms with Crippen LogP contribution in [-0.4, -0.2) is 18.9 Å². The molecule has 120 valence electrons. The van der Waals surface area contributed by atoms with Crippen LogP contribution in [0.2, 0.25) is 10.0 Å². The Morgan fingerprint density at radius 3 is 2.52 bits per heavy atom. The maximum absolute atomic E-state index is 11.9. The van der Waals surface area contributed by atoms with Crippen LogP contribution in [0.25, 0.3) is 0 Å². The van der Waals surface area contributed by atoms with E-state index in [-0.39, 0.29) is 11.6 Å². The van der Waals surface area contributed by atoms with Crippen molar-refractivity contribution in [2.75, 3.05) is 12.4 Å². The fourth-order valence-electron chi connectivity index (χ4n) is 1.87. The first kappa shape index (κ1) is 17.1. The maximum Gasteiger partial charge on any atom is 0.313 e. The molecule has 5 nitrogen and oxygen atoms in total. The van der Waals surface area contributed by atoms with E-state index in [1.165, 1.54) is 19.2 Å². The van der Waals surface area contributed by atoms with Gasteiger partial charge in [0.25, 0.3) is 0 Å². The molecule has 0 saturated carbocycles. The molecule has 0 atom stereocenters. The van der Waals surface area contributed by atoms with Gasteiger partial charge in [0.05, 0.1) is 17.8 Å². The number of amides is 2. The van der Waals surface area contributed by atoms with Crippen molar-refractivity contribution in [2.24, 2.45) is 0 Å². The highest BCUT2D eigenvalue weighted by atomic mass is 35.5. The van der Waals surface area contributed by atoms with Crippen LogP contribution in [0, 0.1) is 0 Å². The van der Waals surface area contributed by atoms with Gasteiger partial charge in [0.15, 0.2) is 0 Å². The predicted molar refractivity (Wildman–Crippen MR) is 89.9 cm³/mol. The second-order valence-electron chi connectivity index (χ2n) is 4.57. The minimum absolute atomic E-state index is 0.171. The summed E-state index contributed by atoms with van der Waals surface area (Å²) in [5.41, 5.74) is 1.08. The van der Waals surface area contributed by atoms with Crippen molar-refractivity contribution in [1.82, 2.24) is 5.32 Å². The summed E-state index contributed by atoms with van der Waals surface area (Å²) in [6.45, 7) is 0.171. The number of ether oxygens (including phenoxy) is 1. The molecule has 2 aromatic rings. The van der Waals surface area contributed by atoms with Gasteiger partial charge in [0.2, 0.25) is 0 Å². The van der Waals surface area contributed by atoms with Gasteiger partial charge in [-0.3, -0.25) is 9.59 Å². The number of hydrogen-bond acceptors (Lipinski definition) is 3. The summed E-state index contributed by atoms with van der Waals surface area (Å²) >= 11 is 11.7. The van der Waals surface area contributed by atoms with Crippen LogP contribution in [0.1, 0.15) is 5.56 Å². The average molecular weight is 353 g/mol. The van der Waals surface area contributed by atoms with Crippen molar-refractivity contribution >= 4 is 40.7 Å². The molecule has 0 fully saturated rings. The first-order valence-electron chi connectivity index (χ1n) is 6.67. The Bertz CT molecular complexity index is 735. The van der Waals surface area contributed by atoms with Crippen molar-refractivity contribution in [3.63, 3.8) is 0 Å². The zero-order chi connectivity index (χ0) is 16.8. The standard InChI is InChI=1S/C16H14Cl2N2O3/c1-23-14-5-3-2-4-10(14)9-19-15(21)16(22)20-13-7-6-11(17)8-12(13)18/h2-8H,9H2,1H3,(H,19,21)(H,20,22). The molecule has 0 aliphatic rings. The SMILES string of the molecule is COc1ccccc1CNC(=O)C(=O)Nc1ccc(Cl)cc1Cl. The second kappa shape index (κ2) is 7.85. The van der Waals surface area contributed by atoms with Crippen molar-refractivity contribution in [1.29, 1.82) is 0 Å². The maximum atomic E-state index is 11.9. The monoisotopic (exact) mass is 352 g/mol. The molecule has 2 rings (SSSR count). The van der Waals surface area contributed by atoms with E-state index in [1.54, 1.807) is 18.2 Å². The molecular formula is C16H14Cl2N2O3. The van der Waals surface area contributed by atoms with E-state index in [0.717, 1.165) is 5.56 Å². The Kier molecular flexibility index (Phi) is 5.84. The highest BCUT2D eigenvalue weighted by Gasteiger charge is 2.15. The summed E-state index contributed by atoms with van der Waals surface area (Å²) < 4.78 is 5.18. The largest absolute Gasteiger partial charge is 0.496 e. The van der Waals surface area contributed by atoms with Crippen molar-refractivity contribution in [2.45, 2.75) is 6.54 Å². The summed E-state index contributed by atoms with van der Waals surface area (Å²) in [4.78, 5) is 23.7. The summed E-state index contributed by atoms with van der Waals surface area (Å²) in [6.07, 6.45) is 0. The van der Waals surface area contributed by atoms with Crippen LogP contribution in [0.3, 0.4) is 0 Å². The first-order valence-corrected chi connectivity index (χ1v) is 7.43. The molecule has 2 N–H and O–H groups in total. The Morgan fingerprint density at radius 1 is 1.09 bits per heavy atom. The molecule has 7 heteroatoms. The van der Waals surface area contributed by atoms with E-state index < -0.39 is 11.8 Å². The molecule has 0 aromatic heterocycles. The number of hydrogen-bond donors (Lipinski definition) is 2. The molecular weight excluding hydrogens is 339 g/mol. The number of para-hydroxylation sites is 1. The zero-order valence-electron chi connectivity index (χ0n) is 12.2. The third-order valence-electron chi connectivity index (χ3n) is 3.02. The summed E-state index contributed by atoms with van der Waals surface area (Å²) in [7, 11) is 1.54. The van der Waals surface area contributed by atoms with E-state index in [9.17, 15) is 9.59 Å². The van der Waals surface area contributed by atoms with Gasteiger partial charge in [0, 0.05) is 17.1 Å². The van der Waals surface area contributed by atoms with Gasteiger partial charge in [-0.25, -0.2) is 0 Å². The number of methoxy groups -OCH3 is 1. The number of halogens is 2. The predicted octanol–water partition coefficient (Wildman–Crippen LogP) is 3.26. The van der Waals surface area contributed by atoms with E-state index >= 15 is 0 Å². The molecule has 2 aromatic carbocycles. The Morgan fingerprint density at radius 2 is 1.83 bits per heavy atom. The molecule has 0 saturated heterocycles. The fraction of sp³-hybridized carbons (Fsp3) is 0.125. The molecule has 0 unspecified atom stereocenters. The normalized spacial score (nSPS) is 10.0. The Hall–Kier alpha value is -2.24. The average Bonchev–Trinajstić information content (AvgIpc) is 2.55. The van der Waals surface area contributed by atoms with Crippen molar-refractivity contribution in [3.05, 3.63) is 58.1 Å². The minimum atomic E-state index is -0.816. The zero-order valence-corrected chi connectivity index (χ0v) is 13.7. The third-order valence-corrected chi connectivity index (χ3v) is 3.57. The van der Waals surface area contributed by atoms with Crippen LogP contribution in [0.15, 0.2) is 42.5 Å². The van der Waals surface area contributed by atoms with Gasteiger partial charge >= 0.3 is 11.8 Å². The van der Waals surface area contributed by atoms with E-state index in [4.69, 9.17) is 27.9 Å². The molecule has 0 aliphatic heterocycles. The lowest BCUT2D eigenvalue weighted by Crippen LogP contribution is -2.35. The molecule has 0 spiro atoms. The Labute approximate surface area is 143 Å². The lowest BCUT2D eigenvalue weighted by atomic mass is 10.2. The van der Waals surface area contributed by atoms with Crippen LogP contribution >= 0.6 is 23.2 Å². The van der Waals surface area contributed by atoms with Gasteiger partial charge in [-0.05, 0) is 24.3 Å². The summed E-state index contributed by atoms with van der Waals surface area (Å²) in [6, 6.07) is 11.8. The lowest BCUT2D eigenvalue weighted by Gasteiger charge is -2.10. The molecule has 2 amide bonds. The second-order valence-corrected chi connectivity index (χ2v) is 5.42.